The van der Waals surface area contributed by atoms with E-state index in [0.29, 0.717) is 19.5 Å². The number of nitrogens with two attached hydrogens (primary N) is 2. The van der Waals surface area contributed by atoms with Gasteiger partial charge in [0.2, 0.25) is 5.91 Å². The topological polar surface area (TPSA) is 176 Å². The molecule has 140 valence electrons. The Morgan fingerprint density at radius 2 is 1.79 bits per heavy atom. The maximum absolute atomic E-state index is 11.9. The second-order valence-electron chi connectivity index (χ2n) is 6.10. The molecule has 0 heterocycles. The SMILES string of the molecule is CC(O)[C@H](N)CCNC[C@H](CC(N)=O)CC(=O)C[C@@H](CO)C(=O)O. The average molecular weight is 347 g/mol. The van der Waals surface area contributed by atoms with E-state index in [1.165, 1.54) is 0 Å². The van der Waals surface area contributed by atoms with E-state index >= 15 is 0 Å². The Morgan fingerprint density at radius 3 is 2.25 bits per heavy atom. The standard InChI is InChI=1S/C15H29N3O6/c1-9(20)13(16)2-3-18-7-10(5-14(17)22)4-12(21)6-11(8-19)15(23)24/h9-11,13,18-20H,2-8,16H2,1H3,(H2,17,22)(H,23,24)/t9?,10-,11-,13+/m0/s1. The van der Waals surface area contributed by atoms with Crippen LogP contribution < -0.4 is 16.8 Å². The number of hydrogen-bond donors (Lipinski definition) is 6. The molecular formula is C15H29N3O6. The Bertz CT molecular complexity index is 416. The summed E-state index contributed by atoms with van der Waals surface area (Å²) in [6.07, 6.45) is -0.379. The van der Waals surface area contributed by atoms with Gasteiger partial charge in [-0.05, 0) is 32.4 Å². The van der Waals surface area contributed by atoms with Gasteiger partial charge in [0, 0.05) is 25.3 Å². The third-order valence-corrected chi connectivity index (χ3v) is 3.76. The highest BCUT2D eigenvalue weighted by atomic mass is 16.4. The molecule has 24 heavy (non-hydrogen) atoms. The van der Waals surface area contributed by atoms with Crippen LogP contribution >= 0.6 is 0 Å². The minimum atomic E-state index is -1.23. The fraction of sp³-hybridized carbons (Fsp3) is 0.800. The van der Waals surface area contributed by atoms with Crippen LogP contribution in [0.3, 0.4) is 0 Å². The molecule has 0 aromatic rings. The number of nitrogens with one attached hydrogen (secondary N) is 1. The third-order valence-electron chi connectivity index (χ3n) is 3.76. The van der Waals surface area contributed by atoms with Crippen LogP contribution in [0.25, 0.3) is 0 Å². The van der Waals surface area contributed by atoms with Gasteiger partial charge in [-0.1, -0.05) is 0 Å². The fourth-order valence-corrected chi connectivity index (χ4v) is 2.23. The number of carbonyl (C=O) groups is 3. The van der Waals surface area contributed by atoms with Crippen molar-refractivity contribution in [3.8, 4) is 0 Å². The van der Waals surface area contributed by atoms with E-state index in [2.05, 4.69) is 5.32 Å². The number of aliphatic carboxylic acids is 1. The smallest absolute Gasteiger partial charge is 0.309 e. The van der Waals surface area contributed by atoms with Gasteiger partial charge in [-0.2, -0.15) is 0 Å². The van der Waals surface area contributed by atoms with Crippen molar-refractivity contribution >= 4 is 17.7 Å². The van der Waals surface area contributed by atoms with Gasteiger partial charge in [-0.25, -0.2) is 0 Å². The highest BCUT2D eigenvalue weighted by Crippen LogP contribution is 2.13. The minimum absolute atomic E-state index is 0.00193. The molecule has 0 saturated carbocycles. The summed E-state index contributed by atoms with van der Waals surface area (Å²) in [6.45, 7) is 1.83. The van der Waals surface area contributed by atoms with Crippen LogP contribution in [0.5, 0.6) is 0 Å². The first-order chi connectivity index (χ1) is 11.2. The number of Topliss-reactive ketones (excluding diaryl/α,β-unsaturated/α-hetero) is 1. The van der Waals surface area contributed by atoms with Gasteiger partial charge < -0.3 is 32.1 Å². The highest BCUT2D eigenvalue weighted by molar-refractivity contribution is 5.84. The van der Waals surface area contributed by atoms with Crippen LogP contribution in [0.2, 0.25) is 0 Å². The lowest BCUT2D eigenvalue weighted by Gasteiger charge is -2.18. The van der Waals surface area contributed by atoms with Gasteiger partial charge in [0.05, 0.1) is 18.6 Å². The Kier molecular flexibility index (Phi) is 11.1. The van der Waals surface area contributed by atoms with Crippen molar-refractivity contribution in [2.75, 3.05) is 19.7 Å². The van der Waals surface area contributed by atoms with Crippen LogP contribution in [0, 0.1) is 11.8 Å². The quantitative estimate of drug-likeness (QED) is 0.199. The summed E-state index contributed by atoms with van der Waals surface area (Å²) >= 11 is 0. The van der Waals surface area contributed by atoms with E-state index in [1.54, 1.807) is 6.92 Å². The van der Waals surface area contributed by atoms with Crippen molar-refractivity contribution in [1.29, 1.82) is 0 Å². The zero-order chi connectivity index (χ0) is 18.7. The van der Waals surface area contributed by atoms with Gasteiger partial charge in [0.25, 0.3) is 0 Å². The second kappa shape index (κ2) is 11.9. The molecule has 1 unspecified atom stereocenters. The maximum Gasteiger partial charge on any atom is 0.309 e. The number of aliphatic hydroxyl groups excluding tert-OH is 2. The Hall–Kier alpha value is -1.55. The molecule has 0 radical (unpaired) electrons. The number of aliphatic hydroxyl groups is 2. The summed E-state index contributed by atoms with van der Waals surface area (Å²) in [5.41, 5.74) is 10.9. The zero-order valence-corrected chi connectivity index (χ0v) is 14.0. The first-order valence-corrected chi connectivity index (χ1v) is 7.95. The van der Waals surface area contributed by atoms with E-state index in [-0.39, 0.29) is 37.0 Å². The van der Waals surface area contributed by atoms with E-state index < -0.39 is 30.5 Å². The molecule has 0 rings (SSSR count). The second-order valence-corrected chi connectivity index (χ2v) is 6.10. The number of carboxylic acids is 1. The van der Waals surface area contributed by atoms with Crippen molar-refractivity contribution in [3.05, 3.63) is 0 Å². The fourth-order valence-electron chi connectivity index (χ4n) is 2.23. The maximum atomic E-state index is 11.9. The Balaban J connectivity index is 4.37. The Labute approximate surface area is 141 Å². The lowest BCUT2D eigenvalue weighted by Crippen LogP contribution is -2.37. The van der Waals surface area contributed by atoms with Crippen LogP contribution in [0.4, 0.5) is 0 Å². The molecule has 0 aliphatic carbocycles. The summed E-state index contributed by atoms with van der Waals surface area (Å²) in [5.74, 6) is -3.62. The van der Waals surface area contributed by atoms with Crippen molar-refractivity contribution in [1.82, 2.24) is 5.32 Å². The van der Waals surface area contributed by atoms with Crippen LogP contribution in [0.15, 0.2) is 0 Å². The average Bonchev–Trinajstić information content (AvgIpc) is 2.47. The molecule has 0 aliphatic heterocycles. The van der Waals surface area contributed by atoms with Gasteiger partial charge >= 0.3 is 5.97 Å². The molecule has 1 amide bonds. The van der Waals surface area contributed by atoms with Gasteiger partial charge in [0.1, 0.15) is 5.78 Å². The summed E-state index contributed by atoms with van der Waals surface area (Å²) in [4.78, 5) is 33.9. The number of carbonyl (C=O) groups excluding carboxylic acids is 2. The highest BCUT2D eigenvalue weighted by Gasteiger charge is 2.23. The lowest BCUT2D eigenvalue weighted by molar-refractivity contribution is -0.145. The summed E-state index contributed by atoms with van der Waals surface area (Å²) in [7, 11) is 0. The van der Waals surface area contributed by atoms with E-state index in [0.717, 1.165) is 0 Å². The third kappa shape index (κ3) is 10.3. The minimum Gasteiger partial charge on any atom is -0.481 e. The molecule has 0 aliphatic rings. The Morgan fingerprint density at radius 1 is 1.17 bits per heavy atom. The molecule has 4 atom stereocenters. The van der Waals surface area contributed by atoms with E-state index in [1.807, 2.05) is 0 Å². The summed E-state index contributed by atoms with van der Waals surface area (Å²) in [6, 6.07) is -0.366. The molecule has 8 N–H and O–H groups in total. The number of carboxylic acid groups (broad SMARTS) is 1. The van der Waals surface area contributed by atoms with Gasteiger partial charge in [0.15, 0.2) is 0 Å². The van der Waals surface area contributed by atoms with Crippen LogP contribution in [0.1, 0.15) is 32.6 Å². The predicted molar refractivity (Wildman–Crippen MR) is 86.9 cm³/mol. The first kappa shape index (κ1) is 22.4. The molecule has 9 heteroatoms. The monoisotopic (exact) mass is 347 g/mol. The van der Waals surface area contributed by atoms with E-state index in [4.69, 9.17) is 21.7 Å². The molecular weight excluding hydrogens is 318 g/mol. The molecule has 9 nitrogen and oxygen atoms in total. The van der Waals surface area contributed by atoms with Crippen LogP contribution in [-0.2, 0) is 14.4 Å². The largest absolute Gasteiger partial charge is 0.481 e. The predicted octanol–water partition coefficient (Wildman–Crippen LogP) is -1.79. The van der Waals surface area contributed by atoms with Crippen molar-refractivity contribution in [2.45, 2.75) is 44.8 Å². The molecule has 0 fully saturated rings. The lowest BCUT2D eigenvalue weighted by atomic mass is 9.93. The molecule has 0 aromatic heterocycles. The molecule has 0 saturated heterocycles. The number of amides is 1. The molecule has 0 bridgehead atoms. The zero-order valence-electron chi connectivity index (χ0n) is 14.0. The van der Waals surface area contributed by atoms with E-state index in [9.17, 15) is 19.5 Å². The number of hydrogen-bond acceptors (Lipinski definition) is 7. The van der Waals surface area contributed by atoms with Crippen molar-refractivity contribution in [2.24, 2.45) is 23.3 Å². The van der Waals surface area contributed by atoms with Gasteiger partial charge in [-0.15, -0.1) is 0 Å². The molecule has 0 aromatic carbocycles. The summed E-state index contributed by atoms with van der Waals surface area (Å²) < 4.78 is 0. The number of rotatable bonds is 14. The number of primary amides is 1. The number of ketones is 1. The van der Waals surface area contributed by atoms with Crippen molar-refractivity contribution in [3.63, 3.8) is 0 Å². The first-order valence-electron chi connectivity index (χ1n) is 7.95. The normalized spacial score (nSPS) is 16.2. The van der Waals surface area contributed by atoms with Crippen molar-refractivity contribution < 1.29 is 29.7 Å². The van der Waals surface area contributed by atoms with Crippen LogP contribution in [-0.4, -0.2) is 64.8 Å². The summed E-state index contributed by atoms with van der Waals surface area (Å²) in [5, 5.41) is 30.1. The van der Waals surface area contributed by atoms with Gasteiger partial charge in [-0.3, -0.25) is 14.4 Å². The molecule has 0 spiro atoms.